The van der Waals surface area contributed by atoms with Crippen LogP contribution < -0.4 is 5.32 Å². The normalized spacial score (nSPS) is 25.5. The number of aryl methyl sites for hydroxylation is 1. The smallest absolute Gasteiger partial charge is 0.0330 e. The second-order valence-electron chi connectivity index (χ2n) is 5.59. The largest absolute Gasteiger partial charge is 0.314 e. The molecule has 1 aromatic heterocycles. The van der Waals surface area contributed by atoms with Gasteiger partial charge in [-0.2, -0.15) is 0 Å². The van der Waals surface area contributed by atoms with Gasteiger partial charge in [-0.1, -0.05) is 13.8 Å². The summed E-state index contributed by atoms with van der Waals surface area (Å²) in [4.78, 5) is 4.16. The molecule has 2 rings (SSSR count). The molecule has 2 heterocycles. The first-order valence-corrected chi connectivity index (χ1v) is 8.07. The Hall–Kier alpha value is -0.380. The van der Waals surface area contributed by atoms with E-state index in [0.29, 0.717) is 0 Å². The van der Waals surface area contributed by atoms with E-state index in [4.69, 9.17) is 0 Å². The Morgan fingerprint density at radius 2 is 2.33 bits per heavy atom. The fourth-order valence-corrected chi connectivity index (χ4v) is 3.73. The maximum absolute atomic E-state index is 3.69. The molecule has 1 aliphatic heterocycles. The summed E-state index contributed by atoms with van der Waals surface area (Å²) in [7, 11) is 0. The first-order chi connectivity index (χ1) is 8.70. The van der Waals surface area contributed by atoms with E-state index in [1.54, 1.807) is 4.88 Å². The Morgan fingerprint density at radius 3 is 2.94 bits per heavy atom. The van der Waals surface area contributed by atoms with E-state index in [1.165, 1.54) is 38.0 Å². The summed E-state index contributed by atoms with van der Waals surface area (Å²) >= 11 is 1.90. The van der Waals surface area contributed by atoms with E-state index >= 15 is 0 Å². The van der Waals surface area contributed by atoms with Gasteiger partial charge in [0.2, 0.25) is 0 Å². The van der Waals surface area contributed by atoms with Gasteiger partial charge in [-0.25, -0.2) is 0 Å². The average molecular weight is 266 g/mol. The van der Waals surface area contributed by atoms with Crippen molar-refractivity contribution in [3.8, 4) is 0 Å². The lowest BCUT2D eigenvalue weighted by Gasteiger charge is -2.37. The van der Waals surface area contributed by atoms with Gasteiger partial charge in [-0.3, -0.25) is 4.90 Å². The van der Waals surface area contributed by atoms with Crippen LogP contribution >= 0.6 is 11.3 Å². The lowest BCUT2D eigenvalue weighted by Crippen LogP contribution is -2.48. The van der Waals surface area contributed by atoms with Crippen molar-refractivity contribution < 1.29 is 0 Å². The Labute approximate surface area is 115 Å². The van der Waals surface area contributed by atoms with Crippen LogP contribution in [-0.4, -0.2) is 30.6 Å². The van der Waals surface area contributed by atoms with Gasteiger partial charge in [-0.15, -0.1) is 11.3 Å². The van der Waals surface area contributed by atoms with Crippen LogP contribution in [-0.2, 0) is 6.54 Å². The number of piperidine rings is 1. The number of nitrogens with one attached hydrogen (secondary N) is 1. The molecule has 3 heteroatoms. The fourth-order valence-electron chi connectivity index (χ4n) is 2.78. The minimum Gasteiger partial charge on any atom is -0.314 e. The molecule has 0 aliphatic carbocycles. The van der Waals surface area contributed by atoms with Crippen LogP contribution in [0.2, 0.25) is 0 Å². The molecule has 1 N–H and O–H groups in total. The Bertz CT molecular complexity index is 361. The van der Waals surface area contributed by atoms with Gasteiger partial charge < -0.3 is 5.32 Å². The third-order valence-electron chi connectivity index (χ3n) is 3.98. The first-order valence-electron chi connectivity index (χ1n) is 7.19. The molecule has 2 nitrogen and oxygen atoms in total. The van der Waals surface area contributed by atoms with Crippen LogP contribution in [0.15, 0.2) is 11.4 Å². The molecule has 2 atom stereocenters. The molecule has 0 spiro atoms. The molecule has 102 valence electrons. The van der Waals surface area contributed by atoms with E-state index in [1.807, 2.05) is 11.3 Å². The SMILES string of the molecule is CCCNC1CCN(Cc2sccc2C)CC1C. The summed E-state index contributed by atoms with van der Waals surface area (Å²) in [6.45, 7) is 11.6. The number of hydrogen-bond acceptors (Lipinski definition) is 3. The third kappa shape index (κ3) is 3.56. The fraction of sp³-hybridized carbons (Fsp3) is 0.733. The van der Waals surface area contributed by atoms with Gasteiger partial charge >= 0.3 is 0 Å². The number of likely N-dealkylation sites (tertiary alicyclic amines) is 1. The van der Waals surface area contributed by atoms with Gasteiger partial charge in [-0.05, 0) is 49.2 Å². The number of hydrogen-bond donors (Lipinski definition) is 1. The first kappa shape index (κ1) is 14.0. The Kier molecular flexibility index (Phi) is 5.22. The Morgan fingerprint density at radius 1 is 1.50 bits per heavy atom. The monoisotopic (exact) mass is 266 g/mol. The van der Waals surface area contributed by atoms with Crippen molar-refractivity contribution in [1.29, 1.82) is 0 Å². The molecule has 1 aromatic rings. The Balaban J connectivity index is 1.83. The molecule has 1 fully saturated rings. The van der Waals surface area contributed by atoms with Crippen molar-refractivity contribution in [3.05, 3.63) is 21.9 Å². The minimum atomic E-state index is 0.727. The van der Waals surface area contributed by atoms with E-state index in [-0.39, 0.29) is 0 Å². The predicted octanol–water partition coefficient (Wildman–Crippen LogP) is 3.27. The van der Waals surface area contributed by atoms with Crippen molar-refractivity contribution >= 4 is 11.3 Å². The van der Waals surface area contributed by atoms with Crippen LogP contribution in [0, 0.1) is 12.8 Å². The summed E-state index contributed by atoms with van der Waals surface area (Å²) in [5.41, 5.74) is 1.46. The molecular formula is C15H26N2S. The van der Waals surface area contributed by atoms with Gasteiger partial charge in [0.25, 0.3) is 0 Å². The number of thiophene rings is 1. The van der Waals surface area contributed by atoms with Gasteiger partial charge in [0.1, 0.15) is 0 Å². The highest BCUT2D eigenvalue weighted by atomic mass is 32.1. The molecule has 1 aliphatic rings. The highest BCUT2D eigenvalue weighted by Crippen LogP contribution is 2.22. The standard InChI is InChI=1S/C15H26N2S/c1-4-7-16-14-5-8-17(10-13(14)3)11-15-12(2)6-9-18-15/h6,9,13-14,16H,4-5,7-8,10-11H2,1-3H3. The zero-order valence-corrected chi connectivity index (χ0v) is 12.7. The van der Waals surface area contributed by atoms with Crippen LogP contribution in [0.25, 0.3) is 0 Å². The van der Waals surface area contributed by atoms with Gasteiger partial charge in [0.15, 0.2) is 0 Å². The molecular weight excluding hydrogens is 240 g/mol. The van der Waals surface area contributed by atoms with Crippen LogP contribution in [0.4, 0.5) is 0 Å². The zero-order valence-electron chi connectivity index (χ0n) is 11.9. The van der Waals surface area contributed by atoms with E-state index in [0.717, 1.165) is 18.5 Å². The van der Waals surface area contributed by atoms with Crippen molar-refractivity contribution in [2.75, 3.05) is 19.6 Å². The molecule has 18 heavy (non-hydrogen) atoms. The van der Waals surface area contributed by atoms with Crippen molar-refractivity contribution in [1.82, 2.24) is 10.2 Å². The van der Waals surface area contributed by atoms with Crippen LogP contribution in [0.3, 0.4) is 0 Å². The lowest BCUT2D eigenvalue weighted by molar-refractivity contribution is 0.142. The van der Waals surface area contributed by atoms with Gasteiger partial charge in [0, 0.05) is 30.6 Å². The van der Waals surface area contributed by atoms with Crippen molar-refractivity contribution in [2.24, 2.45) is 5.92 Å². The van der Waals surface area contributed by atoms with E-state index < -0.39 is 0 Å². The van der Waals surface area contributed by atoms with Gasteiger partial charge in [0.05, 0.1) is 0 Å². The summed E-state index contributed by atoms with van der Waals surface area (Å²) < 4.78 is 0. The van der Waals surface area contributed by atoms with E-state index in [9.17, 15) is 0 Å². The predicted molar refractivity (Wildman–Crippen MR) is 80.2 cm³/mol. The molecule has 0 amide bonds. The molecule has 0 aromatic carbocycles. The molecule has 2 unspecified atom stereocenters. The molecule has 0 bridgehead atoms. The summed E-state index contributed by atoms with van der Waals surface area (Å²) in [5, 5.41) is 5.90. The molecule has 0 radical (unpaired) electrons. The number of nitrogens with zero attached hydrogens (tertiary/aromatic N) is 1. The van der Waals surface area contributed by atoms with Crippen LogP contribution in [0.5, 0.6) is 0 Å². The van der Waals surface area contributed by atoms with Crippen molar-refractivity contribution in [2.45, 2.75) is 46.2 Å². The van der Waals surface area contributed by atoms with Crippen molar-refractivity contribution in [3.63, 3.8) is 0 Å². The van der Waals surface area contributed by atoms with E-state index in [2.05, 4.69) is 42.4 Å². The second kappa shape index (κ2) is 6.69. The lowest BCUT2D eigenvalue weighted by atomic mass is 9.93. The summed E-state index contributed by atoms with van der Waals surface area (Å²) in [6.07, 6.45) is 2.53. The zero-order chi connectivity index (χ0) is 13.0. The minimum absolute atomic E-state index is 0.727. The average Bonchev–Trinajstić information content (AvgIpc) is 2.74. The maximum atomic E-state index is 3.69. The second-order valence-corrected chi connectivity index (χ2v) is 6.59. The summed E-state index contributed by atoms with van der Waals surface area (Å²) in [6, 6.07) is 2.96. The topological polar surface area (TPSA) is 15.3 Å². The molecule has 0 saturated carbocycles. The molecule has 1 saturated heterocycles. The highest BCUT2D eigenvalue weighted by molar-refractivity contribution is 7.10. The highest BCUT2D eigenvalue weighted by Gasteiger charge is 2.25. The summed E-state index contributed by atoms with van der Waals surface area (Å²) in [5.74, 6) is 0.769. The quantitative estimate of drug-likeness (QED) is 0.880. The maximum Gasteiger partial charge on any atom is 0.0330 e. The number of rotatable bonds is 5. The van der Waals surface area contributed by atoms with Crippen LogP contribution in [0.1, 0.15) is 37.1 Å². The third-order valence-corrected chi connectivity index (χ3v) is 4.99.